The highest BCUT2D eigenvalue weighted by Gasteiger charge is 1.83. The van der Waals surface area contributed by atoms with Gasteiger partial charge in [0, 0.05) is 0 Å². The molecule has 0 spiro atoms. The van der Waals surface area contributed by atoms with Gasteiger partial charge in [-0.3, -0.25) is 0 Å². The largest absolute Gasteiger partial charge is 0.103 e. The molecule has 1 atom stereocenters. The van der Waals surface area contributed by atoms with Crippen molar-refractivity contribution in [1.29, 1.82) is 0 Å². The Labute approximate surface area is 57.6 Å². The van der Waals surface area contributed by atoms with E-state index in [4.69, 9.17) is 0 Å². The zero-order chi connectivity index (χ0) is 7.11. The molecule has 0 heteroatoms. The fraction of sp³-hybridized carbons (Fsp3) is 0.333. The fourth-order valence-electron chi connectivity index (χ4n) is 0.468. The Kier molecular flexibility index (Phi) is 4.89. The molecule has 0 radical (unpaired) electrons. The molecule has 9 heavy (non-hydrogen) atoms. The normalized spacial score (nSPS) is 13.4. The molecule has 0 saturated carbocycles. The van der Waals surface area contributed by atoms with Crippen LogP contribution in [0.1, 0.15) is 13.3 Å². The molecule has 0 aliphatic heterocycles. The second-order valence-electron chi connectivity index (χ2n) is 2.05. The molecule has 0 aromatic heterocycles. The van der Waals surface area contributed by atoms with Crippen LogP contribution >= 0.6 is 0 Å². The molecular formula is C9H14. The van der Waals surface area contributed by atoms with Gasteiger partial charge in [-0.2, -0.15) is 0 Å². The summed E-state index contributed by atoms with van der Waals surface area (Å²) >= 11 is 0. The van der Waals surface area contributed by atoms with E-state index in [1.54, 1.807) is 0 Å². The van der Waals surface area contributed by atoms with Crippen molar-refractivity contribution in [2.75, 3.05) is 0 Å². The summed E-state index contributed by atoms with van der Waals surface area (Å²) in [6.07, 6.45) is 8.97. The molecule has 0 amide bonds. The van der Waals surface area contributed by atoms with Crippen LogP contribution in [0.25, 0.3) is 0 Å². The Bertz CT molecular complexity index is 109. The van der Waals surface area contributed by atoms with E-state index in [9.17, 15) is 0 Å². The van der Waals surface area contributed by atoms with Crippen molar-refractivity contribution in [2.24, 2.45) is 5.92 Å². The van der Waals surface area contributed by atoms with Gasteiger partial charge in [-0.25, -0.2) is 0 Å². The van der Waals surface area contributed by atoms with Gasteiger partial charge in [-0.15, -0.1) is 13.2 Å². The topological polar surface area (TPSA) is 0 Å². The average Bonchev–Trinajstić information content (AvgIpc) is 1.89. The van der Waals surface area contributed by atoms with Crippen LogP contribution < -0.4 is 0 Å². The molecule has 0 N–H and O–H groups in total. The van der Waals surface area contributed by atoms with Gasteiger partial charge in [-0.1, -0.05) is 31.2 Å². The van der Waals surface area contributed by atoms with Crippen LogP contribution in [0.3, 0.4) is 0 Å². The second-order valence-corrected chi connectivity index (χ2v) is 2.05. The molecule has 0 nitrogen and oxygen atoms in total. The predicted octanol–water partition coefficient (Wildman–Crippen LogP) is 2.94. The third kappa shape index (κ3) is 5.09. The first-order valence-electron chi connectivity index (χ1n) is 3.21. The van der Waals surface area contributed by atoms with Crippen molar-refractivity contribution in [3.63, 3.8) is 0 Å². The summed E-state index contributed by atoms with van der Waals surface area (Å²) in [5.74, 6) is 0.491. The van der Waals surface area contributed by atoms with Gasteiger partial charge in [0.1, 0.15) is 0 Å². The summed E-state index contributed by atoms with van der Waals surface area (Å²) in [5, 5.41) is 0. The van der Waals surface area contributed by atoms with Crippen molar-refractivity contribution in [3.05, 3.63) is 37.5 Å². The average molecular weight is 122 g/mol. The second kappa shape index (κ2) is 5.36. The number of hydrogen-bond donors (Lipinski definition) is 0. The summed E-state index contributed by atoms with van der Waals surface area (Å²) in [5.41, 5.74) is 0. The molecule has 0 saturated heterocycles. The van der Waals surface area contributed by atoms with Crippen molar-refractivity contribution >= 4 is 0 Å². The first kappa shape index (κ1) is 8.22. The Morgan fingerprint density at radius 2 is 2.11 bits per heavy atom. The molecule has 0 aliphatic rings. The van der Waals surface area contributed by atoms with Gasteiger partial charge in [0.25, 0.3) is 0 Å². The highest BCUT2D eigenvalue weighted by Crippen LogP contribution is 1.97. The maximum Gasteiger partial charge on any atom is -0.00845 e. The van der Waals surface area contributed by atoms with Crippen LogP contribution in [-0.4, -0.2) is 0 Å². The smallest absolute Gasteiger partial charge is 0.00845 e. The van der Waals surface area contributed by atoms with Gasteiger partial charge in [0.05, 0.1) is 0 Å². The molecule has 50 valence electrons. The minimum atomic E-state index is 0.491. The first-order valence-corrected chi connectivity index (χ1v) is 3.21. The van der Waals surface area contributed by atoms with Crippen LogP contribution in [0.15, 0.2) is 37.5 Å². The summed E-state index contributed by atoms with van der Waals surface area (Å²) in [6.45, 7) is 9.37. The number of rotatable bonds is 4. The van der Waals surface area contributed by atoms with Gasteiger partial charge in [0.15, 0.2) is 0 Å². The molecule has 0 bridgehead atoms. The lowest BCUT2D eigenvalue weighted by Gasteiger charge is -1.92. The quantitative estimate of drug-likeness (QED) is 0.503. The Morgan fingerprint density at radius 1 is 1.44 bits per heavy atom. The lowest BCUT2D eigenvalue weighted by Crippen LogP contribution is -1.78. The fourth-order valence-corrected chi connectivity index (χ4v) is 0.468. The third-order valence-electron chi connectivity index (χ3n) is 1.11. The maximum atomic E-state index is 3.66. The van der Waals surface area contributed by atoms with E-state index in [0.717, 1.165) is 6.42 Å². The molecule has 1 unspecified atom stereocenters. The highest BCUT2D eigenvalue weighted by atomic mass is 13.9. The van der Waals surface area contributed by atoms with Gasteiger partial charge in [-0.05, 0) is 12.3 Å². The van der Waals surface area contributed by atoms with E-state index in [0.29, 0.717) is 5.92 Å². The van der Waals surface area contributed by atoms with Gasteiger partial charge < -0.3 is 0 Å². The summed E-state index contributed by atoms with van der Waals surface area (Å²) < 4.78 is 0. The summed E-state index contributed by atoms with van der Waals surface area (Å²) in [7, 11) is 0. The number of hydrogen-bond acceptors (Lipinski definition) is 0. The Balaban J connectivity index is 3.42. The van der Waals surface area contributed by atoms with Crippen LogP contribution in [0.4, 0.5) is 0 Å². The van der Waals surface area contributed by atoms with Crippen molar-refractivity contribution in [3.8, 4) is 0 Å². The third-order valence-corrected chi connectivity index (χ3v) is 1.11. The van der Waals surface area contributed by atoms with Crippen LogP contribution in [0, 0.1) is 5.92 Å². The summed E-state index contributed by atoms with van der Waals surface area (Å²) in [6, 6.07) is 0. The van der Waals surface area contributed by atoms with Gasteiger partial charge in [0.2, 0.25) is 0 Å². The van der Waals surface area contributed by atoms with Crippen molar-refractivity contribution < 1.29 is 0 Å². The van der Waals surface area contributed by atoms with E-state index in [-0.39, 0.29) is 0 Å². The van der Waals surface area contributed by atoms with E-state index in [1.807, 2.05) is 12.2 Å². The molecular weight excluding hydrogens is 108 g/mol. The minimum absolute atomic E-state index is 0.491. The predicted molar refractivity (Wildman–Crippen MR) is 43.3 cm³/mol. The number of allylic oxidation sites excluding steroid dienone is 4. The van der Waals surface area contributed by atoms with Crippen molar-refractivity contribution in [2.45, 2.75) is 13.3 Å². The maximum absolute atomic E-state index is 3.66. The van der Waals surface area contributed by atoms with E-state index < -0.39 is 0 Å². The van der Waals surface area contributed by atoms with Crippen LogP contribution in [-0.2, 0) is 0 Å². The zero-order valence-corrected chi connectivity index (χ0v) is 6.01. The van der Waals surface area contributed by atoms with Crippen LogP contribution in [0.5, 0.6) is 0 Å². The lowest BCUT2D eigenvalue weighted by molar-refractivity contribution is 0.938. The molecule has 0 aliphatic carbocycles. The van der Waals surface area contributed by atoms with Crippen molar-refractivity contribution in [1.82, 2.24) is 0 Å². The molecule has 0 fully saturated rings. The molecule has 0 rings (SSSR count). The van der Waals surface area contributed by atoms with Crippen LogP contribution in [0.2, 0.25) is 0 Å². The Hall–Kier alpha value is -0.780. The van der Waals surface area contributed by atoms with E-state index in [2.05, 4.69) is 32.2 Å². The first-order chi connectivity index (χ1) is 4.31. The summed E-state index contributed by atoms with van der Waals surface area (Å²) in [4.78, 5) is 0. The van der Waals surface area contributed by atoms with E-state index >= 15 is 0 Å². The lowest BCUT2D eigenvalue weighted by atomic mass is 10.1. The Morgan fingerprint density at radius 3 is 2.56 bits per heavy atom. The zero-order valence-electron chi connectivity index (χ0n) is 6.01. The molecule has 0 aromatic rings. The monoisotopic (exact) mass is 122 g/mol. The van der Waals surface area contributed by atoms with Gasteiger partial charge >= 0.3 is 0 Å². The SMILES string of the molecule is C=CCC=CC(C)C=C. The molecule has 0 aromatic carbocycles. The van der Waals surface area contributed by atoms with E-state index in [1.165, 1.54) is 0 Å². The highest BCUT2D eigenvalue weighted by molar-refractivity contribution is 4.97. The molecule has 0 heterocycles. The minimum Gasteiger partial charge on any atom is -0.103 e. The standard InChI is InChI=1S/C9H14/c1-4-6-7-8-9(3)5-2/h4-5,7-9H,1-2,6H2,3H3.